The zero-order chi connectivity index (χ0) is 15.2. The quantitative estimate of drug-likeness (QED) is 0.753. The van der Waals surface area contributed by atoms with Gasteiger partial charge in [0.05, 0.1) is 0 Å². The van der Waals surface area contributed by atoms with Crippen LogP contribution in [0.1, 0.15) is 23.2 Å². The molecule has 0 atom stereocenters. The van der Waals surface area contributed by atoms with Crippen molar-refractivity contribution in [2.24, 2.45) is 0 Å². The molecular formula is C17H20N2O2. The predicted molar refractivity (Wildman–Crippen MR) is 84.3 cm³/mol. The molecule has 4 heteroatoms. The molecule has 2 amide bonds. The number of rotatable bonds is 6. The minimum absolute atomic E-state index is 0.0803. The first kappa shape index (κ1) is 15.0. The van der Waals surface area contributed by atoms with Crippen molar-refractivity contribution < 1.29 is 9.59 Å². The van der Waals surface area contributed by atoms with Gasteiger partial charge < -0.3 is 9.80 Å². The molecule has 1 heterocycles. The summed E-state index contributed by atoms with van der Waals surface area (Å²) in [4.78, 5) is 27.7. The van der Waals surface area contributed by atoms with E-state index >= 15 is 0 Å². The molecule has 0 aromatic heterocycles. The number of anilines is 1. The highest BCUT2D eigenvalue weighted by Crippen LogP contribution is 2.22. The van der Waals surface area contributed by atoms with Crippen molar-refractivity contribution in [2.45, 2.75) is 12.8 Å². The zero-order valence-electron chi connectivity index (χ0n) is 12.1. The molecule has 0 spiro atoms. The van der Waals surface area contributed by atoms with Gasteiger partial charge in [0.1, 0.15) is 0 Å². The van der Waals surface area contributed by atoms with Crippen molar-refractivity contribution in [1.82, 2.24) is 4.90 Å². The predicted octanol–water partition coefficient (Wildman–Crippen LogP) is 2.63. The minimum Gasteiger partial charge on any atom is -0.331 e. The molecule has 0 aliphatic carbocycles. The van der Waals surface area contributed by atoms with Crippen molar-refractivity contribution >= 4 is 17.5 Å². The highest BCUT2D eigenvalue weighted by Gasteiger charge is 2.22. The fourth-order valence-electron chi connectivity index (χ4n) is 2.46. The molecule has 0 radical (unpaired) electrons. The molecule has 0 bridgehead atoms. The Balaban J connectivity index is 2.23. The standard InChI is InChI=1S/C17H20N2O2/c1-3-10-18(11-4-2)17(21)14-7-5-8-15(13-14)19-12-6-9-16(19)20/h3-5,7-8,13H,1-2,6,9-12H2. The third-order valence-corrected chi connectivity index (χ3v) is 3.46. The van der Waals surface area contributed by atoms with Gasteiger partial charge in [0.2, 0.25) is 5.91 Å². The Hall–Kier alpha value is -2.36. The smallest absolute Gasteiger partial charge is 0.254 e. The summed E-state index contributed by atoms with van der Waals surface area (Å²) in [6, 6.07) is 7.23. The van der Waals surface area contributed by atoms with E-state index in [1.165, 1.54) is 0 Å². The van der Waals surface area contributed by atoms with Gasteiger partial charge in [-0.3, -0.25) is 9.59 Å². The number of carbonyl (C=O) groups excluding carboxylic acids is 2. The minimum atomic E-state index is -0.0803. The molecule has 0 N–H and O–H groups in total. The van der Waals surface area contributed by atoms with Gasteiger partial charge in [-0.2, -0.15) is 0 Å². The van der Waals surface area contributed by atoms with Crippen molar-refractivity contribution in [3.8, 4) is 0 Å². The van der Waals surface area contributed by atoms with Crippen LogP contribution < -0.4 is 4.90 Å². The molecular weight excluding hydrogens is 264 g/mol. The first-order valence-electron chi connectivity index (χ1n) is 7.09. The molecule has 0 unspecified atom stereocenters. The highest BCUT2D eigenvalue weighted by atomic mass is 16.2. The number of benzene rings is 1. The maximum Gasteiger partial charge on any atom is 0.254 e. The van der Waals surface area contributed by atoms with E-state index in [2.05, 4.69) is 13.2 Å². The molecule has 1 aromatic carbocycles. The van der Waals surface area contributed by atoms with Gasteiger partial charge in [-0.05, 0) is 24.6 Å². The van der Waals surface area contributed by atoms with Crippen LogP contribution in [0.2, 0.25) is 0 Å². The lowest BCUT2D eigenvalue weighted by molar-refractivity contribution is -0.117. The number of amides is 2. The largest absolute Gasteiger partial charge is 0.331 e. The molecule has 0 saturated carbocycles. The van der Waals surface area contributed by atoms with Gasteiger partial charge in [0.15, 0.2) is 0 Å². The van der Waals surface area contributed by atoms with Crippen LogP contribution in [0.5, 0.6) is 0 Å². The molecule has 110 valence electrons. The van der Waals surface area contributed by atoms with E-state index in [1.54, 1.807) is 34.1 Å². The van der Waals surface area contributed by atoms with E-state index in [1.807, 2.05) is 12.1 Å². The van der Waals surface area contributed by atoms with Crippen LogP contribution in [-0.2, 0) is 4.79 Å². The third-order valence-electron chi connectivity index (χ3n) is 3.46. The normalized spacial score (nSPS) is 14.1. The molecule has 1 aliphatic heterocycles. The Morgan fingerprint density at radius 2 is 2.00 bits per heavy atom. The van der Waals surface area contributed by atoms with Crippen LogP contribution >= 0.6 is 0 Å². The van der Waals surface area contributed by atoms with Crippen molar-refractivity contribution in [1.29, 1.82) is 0 Å². The molecule has 21 heavy (non-hydrogen) atoms. The van der Waals surface area contributed by atoms with E-state index < -0.39 is 0 Å². The maximum atomic E-state index is 12.5. The van der Waals surface area contributed by atoms with Crippen LogP contribution in [0.3, 0.4) is 0 Å². The summed E-state index contributed by atoms with van der Waals surface area (Å²) >= 11 is 0. The summed E-state index contributed by atoms with van der Waals surface area (Å²) in [5.41, 5.74) is 1.37. The monoisotopic (exact) mass is 284 g/mol. The van der Waals surface area contributed by atoms with Crippen LogP contribution in [-0.4, -0.2) is 36.3 Å². The van der Waals surface area contributed by atoms with E-state index in [0.29, 0.717) is 25.1 Å². The Labute approximate surface area is 125 Å². The Morgan fingerprint density at radius 3 is 2.57 bits per heavy atom. The summed E-state index contributed by atoms with van der Waals surface area (Å²) < 4.78 is 0. The summed E-state index contributed by atoms with van der Waals surface area (Å²) in [5, 5.41) is 0. The van der Waals surface area contributed by atoms with Gasteiger partial charge in [-0.1, -0.05) is 18.2 Å². The van der Waals surface area contributed by atoms with Gasteiger partial charge >= 0.3 is 0 Å². The number of hydrogen-bond acceptors (Lipinski definition) is 2. The van der Waals surface area contributed by atoms with Crippen LogP contribution in [0, 0.1) is 0 Å². The van der Waals surface area contributed by atoms with E-state index in [-0.39, 0.29) is 11.8 Å². The van der Waals surface area contributed by atoms with Crippen LogP contribution in [0.4, 0.5) is 5.69 Å². The molecule has 1 saturated heterocycles. The van der Waals surface area contributed by atoms with Crippen LogP contribution in [0.25, 0.3) is 0 Å². The van der Waals surface area contributed by atoms with Gasteiger partial charge in [0, 0.05) is 37.3 Å². The summed E-state index contributed by atoms with van der Waals surface area (Å²) in [6.45, 7) is 9.00. The van der Waals surface area contributed by atoms with Gasteiger partial charge in [0.25, 0.3) is 5.91 Å². The van der Waals surface area contributed by atoms with E-state index in [4.69, 9.17) is 0 Å². The maximum absolute atomic E-state index is 12.5. The second kappa shape index (κ2) is 6.88. The lowest BCUT2D eigenvalue weighted by Gasteiger charge is -2.21. The van der Waals surface area contributed by atoms with E-state index in [9.17, 15) is 9.59 Å². The summed E-state index contributed by atoms with van der Waals surface area (Å²) in [7, 11) is 0. The lowest BCUT2D eigenvalue weighted by atomic mass is 10.1. The molecule has 4 nitrogen and oxygen atoms in total. The number of nitrogens with zero attached hydrogens (tertiary/aromatic N) is 2. The fourth-order valence-corrected chi connectivity index (χ4v) is 2.46. The van der Waals surface area contributed by atoms with Crippen molar-refractivity contribution in [2.75, 3.05) is 24.5 Å². The van der Waals surface area contributed by atoms with Gasteiger partial charge in [-0.25, -0.2) is 0 Å². The van der Waals surface area contributed by atoms with E-state index in [0.717, 1.165) is 18.7 Å². The second-order valence-electron chi connectivity index (χ2n) is 4.99. The topological polar surface area (TPSA) is 40.6 Å². The molecule has 1 aromatic rings. The summed E-state index contributed by atoms with van der Waals surface area (Å²) in [6.07, 6.45) is 4.83. The molecule has 1 fully saturated rings. The molecule has 2 rings (SSSR count). The average molecular weight is 284 g/mol. The SMILES string of the molecule is C=CCN(CC=C)C(=O)c1cccc(N2CCCC2=O)c1. The highest BCUT2D eigenvalue weighted by molar-refractivity contribution is 5.99. The third kappa shape index (κ3) is 3.40. The first-order valence-corrected chi connectivity index (χ1v) is 7.09. The average Bonchev–Trinajstić information content (AvgIpc) is 2.92. The number of carbonyl (C=O) groups is 2. The zero-order valence-corrected chi connectivity index (χ0v) is 12.1. The Kier molecular flexibility index (Phi) is 4.93. The fraction of sp³-hybridized carbons (Fsp3) is 0.294. The Morgan fingerprint density at radius 1 is 1.29 bits per heavy atom. The second-order valence-corrected chi connectivity index (χ2v) is 4.99. The Bertz CT molecular complexity index is 556. The molecule has 1 aliphatic rings. The van der Waals surface area contributed by atoms with Crippen LogP contribution in [0.15, 0.2) is 49.6 Å². The lowest BCUT2D eigenvalue weighted by Crippen LogP contribution is -2.31. The number of hydrogen-bond donors (Lipinski definition) is 0. The first-order chi connectivity index (χ1) is 10.2. The van der Waals surface area contributed by atoms with Crippen molar-refractivity contribution in [3.05, 3.63) is 55.1 Å². The summed E-state index contributed by atoms with van der Waals surface area (Å²) in [5.74, 6) is 0.0388. The van der Waals surface area contributed by atoms with Crippen molar-refractivity contribution in [3.63, 3.8) is 0 Å². The van der Waals surface area contributed by atoms with Gasteiger partial charge in [-0.15, -0.1) is 13.2 Å².